The van der Waals surface area contributed by atoms with Crippen LogP contribution < -0.4 is 47.8 Å². The van der Waals surface area contributed by atoms with Gasteiger partial charge in [-0.3, -0.25) is 24.2 Å². The average molecular weight is 1070 g/mol. The zero-order chi connectivity index (χ0) is 55.1. The third kappa shape index (κ3) is 18.6. The number of aromatic amines is 1. The molecule has 0 bridgehead atoms. The lowest BCUT2D eigenvalue weighted by Crippen LogP contribution is -2.55. The molecular weight excluding hydrogens is 991 g/mol. The fraction of sp³-hybridized carbons (Fsp3) is 0.473. The van der Waals surface area contributed by atoms with Crippen molar-refractivity contribution in [2.45, 2.75) is 104 Å². The summed E-state index contributed by atoms with van der Waals surface area (Å²) in [5.74, 6) is -2.79. The number of aryl methyl sites for hydroxylation is 3. The van der Waals surface area contributed by atoms with Crippen molar-refractivity contribution in [3.05, 3.63) is 95.6 Å². The van der Waals surface area contributed by atoms with E-state index in [0.717, 1.165) is 37.0 Å². The van der Waals surface area contributed by atoms with Crippen molar-refractivity contribution in [3.63, 3.8) is 0 Å². The molecule has 5 aromatic rings. The Labute approximate surface area is 448 Å². The molecule has 2 atom stereocenters. The van der Waals surface area contributed by atoms with Crippen LogP contribution in [0, 0.1) is 19.8 Å². The third-order valence-electron chi connectivity index (χ3n) is 13.1. The molecule has 0 saturated carbocycles. The van der Waals surface area contributed by atoms with Crippen molar-refractivity contribution in [1.82, 2.24) is 42.2 Å². The molecule has 0 spiro atoms. The lowest BCUT2D eigenvalue weighted by molar-refractivity contribution is -0.696. The number of carboxylic acid groups (broad SMARTS) is 1. The van der Waals surface area contributed by atoms with Crippen LogP contribution in [0.4, 0.5) is 15.3 Å². The largest absolute Gasteiger partial charge is 0.481 e. The molecule has 0 aliphatic carbocycles. The maximum atomic E-state index is 13.6. The number of nitrogens with two attached hydrogens (primary N) is 1. The highest BCUT2D eigenvalue weighted by Gasteiger charge is 2.29. The molecule has 77 heavy (non-hydrogen) atoms. The minimum atomic E-state index is -1.04. The first-order valence-electron chi connectivity index (χ1n) is 26.4. The molecule has 1 aliphatic rings. The van der Waals surface area contributed by atoms with Crippen LogP contribution in [0.3, 0.4) is 0 Å². The highest BCUT2D eigenvalue weighted by molar-refractivity contribution is 6.16. The Hall–Kier alpha value is -7.53. The lowest BCUT2D eigenvalue weighted by atomic mass is 9.97. The number of alkyl carbamates (subject to hydrolysis) is 1. The fourth-order valence-corrected chi connectivity index (χ4v) is 8.93. The third-order valence-corrected chi connectivity index (χ3v) is 13.1. The number of aromatic nitrogens is 2. The number of fused-ring (bicyclic) bond motifs is 4. The number of unbranched alkanes of at least 4 members (excludes halogenated alkanes) is 2. The molecule has 416 valence electrons. The topological polar surface area (TPSA) is 293 Å². The molecule has 3 aromatic carbocycles. The van der Waals surface area contributed by atoms with Gasteiger partial charge in [0, 0.05) is 71.3 Å². The van der Waals surface area contributed by atoms with Crippen LogP contribution in [-0.2, 0) is 51.3 Å². The van der Waals surface area contributed by atoms with E-state index in [9.17, 15) is 28.8 Å². The molecule has 6 amide bonds. The maximum absolute atomic E-state index is 13.6. The minimum Gasteiger partial charge on any atom is -0.481 e. The van der Waals surface area contributed by atoms with E-state index < -0.39 is 47.9 Å². The van der Waals surface area contributed by atoms with Crippen LogP contribution in [0.25, 0.3) is 32.6 Å². The van der Waals surface area contributed by atoms with E-state index in [4.69, 9.17) is 29.8 Å². The summed E-state index contributed by atoms with van der Waals surface area (Å²) < 4.78 is 24.3. The highest BCUT2D eigenvalue weighted by Crippen LogP contribution is 2.36. The van der Waals surface area contributed by atoms with Crippen LogP contribution >= 0.6 is 0 Å². The molecule has 11 N–H and O–H groups in total. The second kappa shape index (κ2) is 30.3. The number of carbonyl (C=O) groups excluding carboxylic acids is 5. The first kappa shape index (κ1) is 58.7. The number of primary amides is 1. The number of hydrazine groups is 2. The summed E-state index contributed by atoms with van der Waals surface area (Å²) in [7, 11) is 0. The van der Waals surface area contributed by atoms with Crippen molar-refractivity contribution in [3.8, 4) is 0 Å². The predicted molar refractivity (Wildman–Crippen MR) is 291 cm³/mol. The van der Waals surface area contributed by atoms with Gasteiger partial charge in [-0.25, -0.2) is 14.2 Å². The van der Waals surface area contributed by atoms with E-state index in [2.05, 4.69) is 104 Å². The summed E-state index contributed by atoms with van der Waals surface area (Å²) in [6, 6.07) is 14.6. The van der Waals surface area contributed by atoms with Gasteiger partial charge in [-0.2, -0.15) is 0 Å². The lowest BCUT2D eigenvalue weighted by Gasteiger charge is -2.25. The SMILES string of the molecule is Cc1c2cc[n+](CCCCCNC(=O)OCc3ccc(NC(=O)C(CCCNC(N)=O)NC(=O)C(NC(=O)COCCOCCOCCN4C=C(CCCC(=O)O)NN4)C(C)C)cc3)cc2c(C)c2c1[nH]c1ccccc12. The van der Waals surface area contributed by atoms with Gasteiger partial charge in [-0.05, 0) is 98.6 Å². The number of H-pyrrole nitrogens is 1. The van der Waals surface area contributed by atoms with E-state index in [1.807, 2.05) is 11.2 Å². The van der Waals surface area contributed by atoms with Crippen LogP contribution in [0.5, 0.6) is 0 Å². The Morgan fingerprint density at radius 2 is 1.52 bits per heavy atom. The maximum Gasteiger partial charge on any atom is 0.407 e. The number of pyridine rings is 1. The number of anilines is 1. The zero-order valence-electron chi connectivity index (χ0n) is 44.6. The number of benzene rings is 3. The van der Waals surface area contributed by atoms with Gasteiger partial charge in [0.15, 0.2) is 12.4 Å². The number of nitrogens with one attached hydrogen (secondary N) is 8. The molecule has 3 heterocycles. The van der Waals surface area contributed by atoms with Gasteiger partial charge in [0.05, 0.1) is 45.1 Å². The van der Waals surface area contributed by atoms with Gasteiger partial charge in [-0.1, -0.05) is 44.2 Å². The summed E-state index contributed by atoms with van der Waals surface area (Å²) in [5.41, 5.74) is 18.1. The number of carbonyl (C=O) groups is 6. The van der Waals surface area contributed by atoms with Gasteiger partial charge in [-0.15, -0.1) is 5.53 Å². The van der Waals surface area contributed by atoms with Crippen LogP contribution in [0.1, 0.15) is 81.9 Å². The summed E-state index contributed by atoms with van der Waals surface area (Å²) in [4.78, 5) is 78.2. The number of rotatable bonds is 33. The molecule has 22 nitrogen and oxygen atoms in total. The normalized spacial score (nSPS) is 13.1. The molecule has 2 aromatic heterocycles. The van der Waals surface area contributed by atoms with Crippen molar-refractivity contribution in [2.24, 2.45) is 11.7 Å². The summed E-state index contributed by atoms with van der Waals surface area (Å²) in [6.07, 6.45) is 10.1. The second-order valence-electron chi connectivity index (χ2n) is 19.3. The number of carboxylic acids is 1. The van der Waals surface area contributed by atoms with Gasteiger partial charge in [0.2, 0.25) is 17.7 Å². The molecule has 22 heteroatoms. The first-order chi connectivity index (χ1) is 37.2. The van der Waals surface area contributed by atoms with Gasteiger partial charge in [0.25, 0.3) is 0 Å². The molecule has 0 saturated heterocycles. The molecule has 6 rings (SSSR count). The number of allylic oxidation sites excluding steroid dienone is 1. The Balaban J connectivity index is 0.854. The standard InChI is InChI=1S/C55H75N11O11/c1-36(2)50(62-47(67)35-76-31-30-75-29-28-74-27-26-66-32-41(63-64-66)12-10-16-48(68)69)53(71)61-46(15-11-23-57-54(56)72)52(70)59-40-19-17-39(18-20-40)34-77-55(73)58-22-8-5-9-24-65-25-21-42-38(4)51-49(37(3)44(42)33-65)43-13-6-7-14-45(43)60-51/h6-7,13-14,17-21,25,32-33,36,46,50,63-64H,5,8-12,15-16,22-24,26-31,34-35H2,1-4H3,(H8,56,57,58,59,61,62,67,68,69,70,71,72,73)/p+1. The van der Waals surface area contributed by atoms with E-state index in [1.54, 1.807) is 38.1 Å². The Kier molecular flexibility index (Phi) is 23.1. The van der Waals surface area contributed by atoms with E-state index >= 15 is 0 Å². The second-order valence-corrected chi connectivity index (χ2v) is 19.3. The van der Waals surface area contributed by atoms with Crippen LogP contribution in [0.2, 0.25) is 0 Å². The first-order valence-corrected chi connectivity index (χ1v) is 26.4. The van der Waals surface area contributed by atoms with Crippen LogP contribution in [0.15, 0.2) is 78.9 Å². The minimum absolute atomic E-state index is 0.0167. The van der Waals surface area contributed by atoms with E-state index in [-0.39, 0.29) is 51.7 Å². The predicted octanol–water partition coefficient (Wildman–Crippen LogP) is 4.96. The van der Waals surface area contributed by atoms with Crippen molar-refractivity contribution < 1.29 is 57.4 Å². The number of ether oxygens (including phenoxy) is 4. The summed E-state index contributed by atoms with van der Waals surface area (Å²) in [6.45, 7) is 11.1. The quantitative estimate of drug-likeness (QED) is 0.0196. The number of hydrogen-bond acceptors (Lipinski definition) is 13. The van der Waals surface area contributed by atoms with Gasteiger partial charge in [0.1, 0.15) is 31.8 Å². The number of hydrogen-bond donors (Lipinski definition) is 10. The molecule has 0 radical (unpaired) electrons. The summed E-state index contributed by atoms with van der Waals surface area (Å²) in [5, 5.41) is 29.2. The van der Waals surface area contributed by atoms with Crippen molar-refractivity contribution in [1.29, 1.82) is 0 Å². The zero-order valence-corrected chi connectivity index (χ0v) is 44.6. The van der Waals surface area contributed by atoms with E-state index in [1.165, 1.54) is 38.2 Å². The Morgan fingerprint density at radius 1 is 0.779 bits per heavy atom. The average Bonchev–Trinajstić information content (AvgIpc) is 4.15. The van der Waals surface area contributed by atoms with Gasteiger partial charge >= 0.3 is 18.1 Å². The smallest absolute Gasteiger partial charge is 0.407 e. The number of amides is 6. The number of nitrogens with zero attached hydrogens (tertiary/aromatic N) is 2. The monoisotopic (exact) mass is 1070 g/mol. The molecule has 2 unspecified atom stereocenters. The number of para-hydroxylation sites is 1. The van der Waals surface area contributed by atoms with E-state index in [0.29, 0.717) is 63.4 Å². The Bertz CT molecular complexity index is 2820. The molecule has 0 fully saturated rings. The van der Waals surface area contributed by atoms with Crippen molar-refractivity contribution >= 4 is 74.1 Å². The van der Waals surface area contributed by atoms with Crippen LogP contribution in [-0.4, -0.2) is 122 Å². The number of urea groups is 1. The summed E-state index contributed by atoms with van der Waals surface area (Å²) >= 11 is 0. The molecular formula is C55H76N11O11+. The molecule has 1 aliphatic heterocycles. The fourth-order valence-electron chi connectivity index (χ4n) is 8.93. The number of aliphatic carboxylic acids is 1. The highest BCUT2D eigenvalue weighted by atomic mass is 16.6. The van der Waals surface area contributed by atoms with Gasteiger partial charge < -0.3 is 66.8 Å². The van der Waals surface area contributed by atoms with Crippen molar-refractivity contribution in [2.75, 3.05) is 64.6 Å². The Morgan fingerprint density at radius 3 is 2.27 bits per heavy atom.